The number of primary amides is 1. The zero-order valence-corrected chi connectivity index (χ0v) is 65.7. The number of piperidine rings is 3. The number of nitrogens with zero attached hydrogens (tertiary/aromatic N) is 8. The molecular weight excluding hydrogens is 1410 g/mol. The van der Waals surface area contributed by atoms with Gasteiger partial charge in [-0.15, -0.1) is 0 Å². The molecule has 6 heterocycles. The van der Waals surface area contributed by atoms with Gasteiger partial charge in [0.2, 0.25) is 5.91 Å². The van der Waals surface area contributed by atoms with Crippen LogP contribution in [0.5, 0.6) is 0 Å². The molecule has 6 aliphatic rings. The number of ether oxygens (including phenoxy) is 1. The lowest BCUT2D eigenvalue weighted by atomic mass is 9.88. The summed E-state index contributed by atoms with van der Waals surface area (Å²) >= 11 is 5.88. The summed E-state index contributed by atoms with van der Waals surface area (Å²) in [6, 6.07) is 31.3. The molecule has 12 rings (SSSR count). The summed E-state index contributed by atoms with van der Waals surface area (Å²) in [5.74, 6) is 0.00165. The minimum absolute atomic E-state index is 0.00973. The molecule has 0 bridgehead atoms. The molecule has 0 unspecified atom stereocenters. The van der Waals surface area contributed by atoms with E-state index < -0.39 is 35.1 Å². The van der Waals surface area contributed by atoms with Crippen LogP contribution in [0.2, 0.25) is 5.15 Å². The third kappa shape index (κ3) is 25.8. The number of rotatable bonds is 17. The number of nitriles is 2. The van der Waals surface area contributed by atoms with Crippen molar-refractivity contribution in [3.63, 3.8) is 0 Å². The van der Waals surface area contributed by atoms with Gasteiger partial charge in [-0.05, 0) is 253 Å². The Bertz CT molecular complexity index is 4050. The van der Waals surface area contributed by atoms with Gasteiger partial charge in [-0.1, -0.05) is 107 Å². The quantitative estimate of drug-likeness (QED) is 0.0300. The smallest absolute Gasteiger partial charge is 0.407 e. The lowest BCUT2D eigenvalue weighted by molar-refractivity contribution is -0.123. The SMILES string of the molecule is CC(C)(C)OC(=O)N[C@H]1CCCC[C@H]1Nc1nc(Cl)c(C#N)cc1F.CN1CCC(c2ccc(N)cc2)CC1.CN1CCC(c2ccc(Nc3nc(N[C@@H]4CCCC[C@@H]4N)c(F)cc3C(N)=O)cc2)CC1.CN1CCC(c2ccc(Nc3nc(N[C@@H]4CCCC[C@@H]4NC(=O)CC(C)(C)C)c(F)cc3C#N)cc2)CC1. The van der Waals surface area contributed by atoms with Crippen LogP contribution in [-0.2, 0) is 9.53 Å². The Morgan fingerprint density at radius 2 is 0.890 bits per heavy atom. The van der Waals surface area contributed by atoms with Gasteiger partial charge in [0, 0.05) is 53.7 Å². The third-order valence-corrected chi connectivity index (χ3v) is 21.6. The molecule has 3 aromatic carbocycles. The predicted octanol–water partition coefficient (Wildman–Crippen LogP) is 15.5. The summed E-state index contributed by atoms with van der Waals surface area (Å²) in [6.07, 6.45) is 18.0. The fourth-order valence-electron chi connectivity index (χ4n) is 15.1. The van der Waals surface area contributed by atoms with Gasteiger partial charge >= 0.3 is 6.09 Å². The topological polar surface area (TPSA) is 319 Å². The molecule has 0 spiro atoms. The van der Waals surface area contributed by atoms with Crippen molar-refractivity contribution < 1.29 is 32.3 Å². The number of aromatic nitrogens is 3. The molecule has 3 saturated carbocycles. The van der Waals surface area contributed by atoms with Gasteiger partial charge in [-0.25, -0.2) is 32.9 Å². The Labute approximate surface area is 647 Å². The van der Waals surface area contributed by atoms with Crippen molar-refractivity contribution in [2.75, 3.05) is 92.7 Å². The maximum atomic E-state index is 15.0. The number of hydrogen-bond acceptors (Lipinski definition) is 19. The highest BCUT2D eigenvalue weighted by atomic mass is 35.5. The van der Waals surface area contributed by atoms with Crippen molar-refractivity contribution in [1.82, 2.24) is 40.3 Å². The number of benzene rings is 3. The van der Waals surface area contributed by atoms with Crippen LogP contribution in [0.25, 0.3) is 0 Å². The van der Waals surface area contributed by atoms with Gasteiger partial charge < -0.3 is 73.9 Å². The van der Waals surface area contributed by atoms with Gasteiger partial charge in [-0.3, -0.25) is 9.59 Å². The van der Waals surface area contributed by atoms with Gasteiger partial charge in [0.05, 0.1) is 22.7 Å². The third-order valence-electron chi connectivity index (χ3n) is 21.3. The first-order valence-electron chi connectivity index (χ1n) is 38.8. The molecule has 22 nitrogen and oxygen atoms in total. The second-order valence-corrected chi connectivity index (χ2v) is 32.9. The summed E-state index contributed by atoms with van der Waals surface area (Å²) in [7, 11) is 6.51. The first-order chi connectivity index (χ1) is 52.0. The number of carbonyl (C=O) groups excluding carboxylic acids is 3. The number of anilines is 8. The van der Waals surface area contributed by atoms with Crippen molar-refractivity contribution in [2.24, 2.45) is 16.9 Å². The summed E-state index contributed by atoms with van der Waals surface area (Å²) < 4.78 is 49.1. The summed E-state index contributed by atoms with van der Waals surface area (Å²) in [5.41, 5.74) is 23.3. The van der Waals surface area contributed by atoms with Crippen LogP contribution in [0.1, 0.15) is 219 Å². The van der Waals surface area contributed by atoms with Crippen LogP contribution < -0.4 is 54.4 Å². The normalized spacial score (nSPS) is 21.1. The molecule has 26 heteroatoms. The number of halogens is 4. The molecule has 0 radical (unpaired) electrons. The molecule has 3 amide bonds. The molecule has 588 valence electrons. The van der Waals surface area contributed by atoms with Gasteiger partial charge in [0.25, 0.3) is 5.91 Å². The van der Waals surface area contributed by atoms with Gasteiger partial charge in [-0.2, -0.15) is 10.5 Å². The van der Waals surface area contributed by atoms with Crippen molar-refractivity contribution >= 4 is 75.7 Å². The average Bonchev–Trinajstić information content (AvgIpc) is 0.790. The van der Waals surface area contributed by atoms with Crippen molar-refractivity contribution in [1.29, 1.82) is 10.5 Å². The number of nitrogens with one attached hydrogen (secondary N) is 7. The van der Waals surface area contributed by atoms with E-state index in [1.807, 2.05) is 57.2 Å². The molecule has 6 fully saturated rings. The summed E-state index contributed by atoms with van der Waals surface area (Å²) in [4.78, 5) is 56.4. The minimum Gasteiger partial charge on any atom is -0.444 e. The molecule has 3 aromatic heterocycles. The number of nitrogen functional groups attached to an aromatic ring is 1. The molecule has 3 aliphatic carbocycles. The van der Waals surface area contributed by atoms with Crippen molar-refractivity contribution in [3.8, 4) is 12.1 Å². The van der Waals surface area contributed by atoms with Gasteiger partial charge in [0.1, 0.15) is 28.7 Å². The Morgan fingerprint density at radius 3 is 1.32 bits per heavy atom. The zero-order chi connectivity index (χ0) is 78.5. The van der Waals surface area contributed by atoms with E-state index in [2.05, 4.69) is 130 Å². The van der Waals surface area contributed by atoms with E-state index in [4.69, 9.17) is 38.8 Å². The number of amides is 3. The average molecular weight is 1520 g/mol. The molecule has 6 atom stereocenters. The second-order valence-electron chi connectivity index (χ2n) is 32.5. The fourth-order valence-corrected chi connectivity index (χ4v) is 15.2. The van der Waals surface area contributed by atoms with E-state index in [1.165, 1.54) is 48.7 Å². The Hall–Kier alpha value is -8.98. The van der Waals surface area contributed by atoms with Crippen molar-refractivity contribution in [3.05, 3.63) is 147 Å². The van der Waals surface area contributed by atoms with Gasteiger partial charge in [0.15, 0.2) is 40.7 Å². The lowest BCUT2D eigenvalue weighted by Crippen LogP contribution is -2.50. The van der Waals surface area contributed by atoms with E-state index in [9.17, 15) is 28.4 Å². The van der Waals surface area contributed by atoms with Crippen LogP contribution in [0.15, 0.2) is 91.0 Å². The van der Waals surface area contributed by atoms with E-state index in [0.29, 0.717) is 24.1 Å². The number of nitrogens with two attached hydrogens (primary N) is 3. The van der Waals surface area contributed by atoms with Crippen LogP contribution in [0.4, 0.5) is 64.1 Å². The summed E-state index contributed by atoms with van der Waals surface area (Å²) in [5, 5.41) is 40.2. The fraction of sp³-hybridized carbons (Fsp3) is 0.542. The number of likely N-dealkylation sites (tertiary alicyclic amines) is 3. The highest BCUT2D eigenvalue weighted by Crippen LogP contribution is 2.35. The molecule has 3 saturated heterocycles. The van der Waals surface area contributed by atoms with Crippen LogP contribution in [0.3, 0.4) is 0 Å². The van der Waals surface area contributed by atoms with Crippen LogP contribution >= 0.6 is 11.6 Å². The Kier molecular flexibility index (Phi) is 30.5. The maximum Gasteiger partial charge on any atom is 0.407 e. The number of hydrogen-bond donors (Lipinski definition) is 10. The second kappa shape index (κ2) is 39.6. The standard InChI is InChI=1S/C30H41FN6O.C24H33FN6O.C17H22ClFN4O2.C12H18N2/c1-30(2,3)18-27(38)34-25-7-5-6-8-26(25)35-29-24(31)17-22(19-32)28(36-29)33-23-11-9-20(10-12-23)21-13-15-37(4)16-14-21;1-31-12-10-16(11-13-31)15-6-8-17(9-7-15)28-23-18(22(27)32)14-19(25)24(30-23)29-21-5-3-2-4-20(21)26;1-17(2,3)25-16(24)22-13-7-5-4-6-12(13)21-15-11(19)8-10(9-20)14(18)23-15;1-14-8-6-11(7-9-14)10-2-4-12(13)5-3-10/h9-12,17,21,25-26H,5-8,13-16,18H2,1-4H3,(H,34,38)(H2,33,35,36);6-9,14,16,20-21H,2-5,10-13,26H2,1H3,(H2,27,32)(H2,28,29,30);8,12-13H,4-7H2,1-3H3,(H,21,23)(H,22,24);2-5,11H,6-9,13H2,1H3/t25-,26+;20-,21+;12-,13+;/m001./s1. The summed E-state index contributed by atoms with van der Waals surface area (Å²) in [6.45, 7) is 18.3. The highest BCUT2D eigenvalue weighted by molar-refractivity contribution is 6.30. The van der Waals surface area contributed by atoms with E-state index in [0.717, 1.165) is 164 Å². The Balaban J connectivity index is 0.000000175. The first-order valence-corrected chi connectivity index (χ1v) is 39.2. The van der Waals surface area contributed by atoms with Crippen molar-refractivity contribution in [2.45, 2.75) is 223 Å². The zero-order valence-electron chi connectivity index (χ0n) is 65.0. The van der Waals surface area contributed by atoms with Crippen LogP contribution in [0, 0.1) is 45.5 Å². The van der Waals surface area contributed by atoms with E-state index >= 15 is 4.39 Å². The largest absolute Gasteiger partial charge is 0.444 e. The molecular formula is C83H114ClF3N18O4. The molecule has 13 N–H and O–H groups in total. The number of pyridine rings is 3. The lowest BCUT2D eigenvalue weighted by Gasteiger charge is -2.34. The Morgan fingerprint density at radius 1 is 0.514 bits per heavy atom. The van der Waals surface area contributed by atoms with Crippen LogP contribution in [-0.4, -0.2) is 150 Å². The maximum absolute atomic E-state index is 15.0. The highest BCUT2D eigenvalue weighted by Gasteiger charge is 2.33. The number of alkyl carbamates (subject to hydrolysis) is 1. The molecule has 3 aliphatic heterocycles. The van der Waals surface area contributed by atoms with E-state index in [-0.39, 0.29) is 92.7 Å². The monoisotopic (exact) mass is 1520 g/mol. The number of carbonyl (C=O) groups is 3. The molecule has 6 aromatic rings. The first kappa shape index (κ1) is 84.0. The van der Waals surface area contributed by atoms with E-state index in [1.54, 1.807) is 26.8 Å². The minimum atomic E-state index is -0.734. The molecule has 109 heavy (non-hydrogen) atoms. The predicted molar refractivity (Wildman–Crippen MR) is 429 cm³/mol.